The molecule has 2 bridgehead atoms. The molecule has 0 amide bonds. The largest absolute Gasteiger partial charge is 0.433 e. The number of aromatic nitrogens is 3. The van der Waals surface area contributed by atoms with Crippen molar-refractivity contribution in [2.45, 2.75) is 24.7 Å². The number of hydrogen-bond acceptors (Lipinski definition) is 5. The highest BCUT2D eigenvalue weighted by Gasteiger charge is 2.45. The Bertz CT molecular complexity index is 886. The Morgan fingerprint density at radius 2 is 1.88 bits per heavy atom. The molecular formula is C16H15ClF3N5O. The zero-order valence-corrected chi connectivity index (χ0v) is 14.5. The molecule has 5 rings (SSSR count). The number of piperazine rings is 1. The topological polar surface area (TPSA) is 54.3 Å². The van der Waals surface area contributed by atoms with Gasteiger partial charge in [0, 0.05) is 32.2 Å². The molecule has 2 aromatic rings. The van der Waals surface area contributed by atoms with Gasteiger partial charge in [-0.3, -0.25) is 4.79 Å². The van der Waals surface area contributed by atoms with Gasteiger partial charge in [0.1, 0.15) is 10.7 Å². The van der Waals surface area contributed by atoms with Crippen molar-refractivity contribution in [3.05, 3.63) is 45.6 Å². The number of pyridine rings is 1. The fourth-order valence-electron chi connectivity index (χ4n) is 3.66. The van der Waals surface area contributed by atoms with Crippen LogP contribution in [0.4, 0.5) is 24.5 Å². The van der Waals surface area contributed by atoms with Gasteiger partial charge in [-0.25, -0.2) is 9.67 Å². The van der Waals surface area contributed by atoms with Crippen LogP contribution in [-0.4, -0.2) is 39.9 Å². The van der Waals surface area contributed by atoms with Crippen LogP contribution < -0.4 is 15.4 Å². The average molecular weight is 386 g/mol. The Labute approximate surface area is 151 Å². The van der Waals surface area contributed by atoms with Crippen LogP contribution in [0.2, 0.25) is 5.02 Å². The van der Waals surface area contributed by atoms with E-state index in [0.29, 0.717) is 24.5 Å². The van der Waals surface area contributed by atoms with Gasteiger partial charge in [-0.15, -0.1) is 0 Å². The molecule has 138 valence electrons. The van der Waals surface area contributed by atoms with Crippen molar-refractivity contribution in [1.82, 2.24) is 14.8 Å². The molecule has 0 N–H and O–H groups in total. The lowest BCUT2D eigenvalue weighted by Crippen LogP contribution is -2.69. The van der Waals surface area contributed by atoms with E-state index in [0.717, 1.165) is 12.5 Å². The molecular weight excluding hydrogens is 371 g/mol. The SMILES string of the molecule is Cn1ncc(N2CC3CC(C2)N3c2ccc(C(F)(F)F)nc2)c(Cl)c1=O. The van der Waals surface area contributed by atoms with Gasteiger partial charge < -0.3 is 9.80 Å². The van der Waals surface area contributed by atoms with Gasteiger partial charge in [-0.2, -0.15) is 18.3 Å². The molecule has 6 nitrogen and oxygen atoms in total. The smallest absolute Gasteiger partial charge is 0.365 e. The second-order valence-electron chi connectivity index (χ2n) is 6.53. The highest BCUT2D eigenvalue weighted by atomic mass is 35.5. The van der Waals surface area contributed by atoms with Crippen LogP contribution in [0.1, 0.15) is 12.1 Å². The standard InChI is InChI=1S/C16H15ClF3N5O/c1-23-15(26)14(17)12(6-22-23)24-7-10-4-11(8-24)25(10)9-2-3-13(21-5-9)16(18,19)20/h2-3,5-6,10-11H,4,7-8H2,1H3. The lowest BCUT2D eigenvalue weighted by Gasteiger charge is -2.58. The van der Waals surface area contributed by atoms with Gasteiger partial charge >= 0.3 is 6.18 Å². The van der Waals surface area contributed by atoms with Crippen molar-refractivity contribution in [2.24, 2.45) is 7.05 Å². The van der Waals surface area contributed by atoms with E-state index < -0.39 is 11.9 Å². The maximum atomic E-state index is 12.7. The van der Waals surface area contributed by atoms with Crippen LogP contribution in [0.25, 0.3) is 0 Å². The lowest BCUT2D eigenvalue weighted by atomic mass is 9.86. The van der Waals surface area contributed by atoms with Gasteiger partial charge in [-0.05, 0) is 18.6 Å². The molecule has 0 aliphatic carbocycles. The Hall–Kier alpha value is -2.29. The summed E-state index contributed by atoms with van der Waals surface area (Å²) in [5.41, 5.74) is 0.0144. The zero-order chi connectivity index (χ0) is 18.6. The first-order valence-corrected chi connectivity index (χ1v) is 8.42. The van der Waals surface area contributed by atoms with Crippen LogP contribution in [-0.2, 0) is 13.2 Å². The molecule has 26 heavy (non-hydrogen) atoms. The first-order valence-electron chi connectivity index (χ1n) is 8.04. The highest BCUT2D eigenvalue weighted by molar-refractivity contribution is 6.33. The maximum absolute atomic E-state index is 12.7. The van der Waals surface area contributed by atoms with Crippen LogP contribution in [0.3, 0.4) is 0 Å². The Balaban J connectivity index is 1.53. The monoisotopic (exact) mass is 385 g/mol. The number of rotatable bonds is 2. The molecule has 0 saturated carbocycles. The van der Waals surface area contributed by atoms with Gasteiger partial charge in [0.05, 0.1) is 23.8 Å². The molecule has 0 radical (unpaired) electrons. The quantitative estimate of drug-likeness (QED) is 0.794. The van der Waals surface area contributed by atoms with E-state index in [1.165, 1.54) is 24.0 Å². The molecule has 5 heterocycles. The second kappa shape index (κ2) is 5.87. The summed E-state index contributed by atoms with van der Waals surface area (Å²) in [5, 5.41) is 4.14. The van der Waals surface area contributed by atoms with Crippen LogP contribution in [0.5, 0.6) is 0 Å². The summed E-state index contributed by atoms with van der Waals surface area (Å²) in [5.74, 6) is 0. The van der Waals surface area contributed by atoms with Gasteiger partial charge in [0.25, 0.3) is 5.56 Å². The second-order valence-corrected chi connectivity index (χ2v) is 6.91. The zero-order valence-electron chi connectivity index (χ0n) is 13.7. The first kappa shape index (κ1) is 17.1. The van der Waals surface area contributed by atoms with Gasteiger partial charge in [0.15, 0.2) is 0 Å². The number of aryl methyl sites for hydroxylation is 1. The Morgan fingerprint density at radius 3 is 2.46 bits per heavy atom. The third-order valence-corrected chi connectivity index (χ3v) is 5.29. The van der Waals surface area contributed by atoms with E-state index in [4.69, 9.17) is 11.6 Å². The summed E-state index contributed by atoms with van der Waals surface area (Å²) in [4.78, 5) is 19.6. The highest BCUT2D eigenvalue weighted by Crippen LogP contribution is 2.39. The first-order chi connectivity index (χ1) is 12.3. The molecule has 10 heteroatoms. The third-order valence-electron chi connectivity index (χ3n) is 4.93. The summed E-state index contributed by atoms with van der Waals surface area (Å²) in [7, 11) is 1.53. The molecule has 2 aromatic heterocycles. The van der Waals surface area contributed by atoms with Crippen molar-refractivity contribution in [1.29, 1.82) is 0 Å². The minimum Gasteiger partial charge on any atom is -0.365 e. The van der Waals surface area contributed by atoms with Crippen LogP contribution >= 0.6 is 11.6 Å². The number of anilines is 2. The van der Waals surface area contributed by atoms with Gasteiger partial charge in [-0.1, -0.05) is 11.6 Å². The van der Waals surface area contributed by atoms with E-state index in [1.807, 2.05) is 4.90 Å². The van der Waals surface area contributed by atoms with E-state index in [2.05, 4.69) is 15.0 Å². The number of piperidine rings is 1. The third kappa shape index (κ3) is 2.70. The summed E-state index contributed by atoms with van der Waals surface area (Å²) < 4.78 is 39.1. The van der Waals surface area contributed by atoms with E-state index in [1.54, 1.807) is 6.20 Å². The Kier molecular flexibility index (Phi) is 3.87. The number of fused-ring (bicyclic) bond motifs is 2. The number of halogens is 4. The summed E-state index contributed by atoms with van der Waals surface area (Å²) in [6.45, 7) is 1.23. The minimum absolute atomic E-state index is 0.131. The normalized spacial score (nSPS) is 22.3. The van der Waals surface area contributed by atoms with Crippen LogP contribution in [0, 0.1) is 0 Å². The van der Waals surface area contributed by atoms with Crippen molar-refractivity contribution in [3.8, 4) is 0 Å². The number of hydrogen-bond donors (Lipinski definition) is 0. The lowest BCUT2D eigenvalue weighted by molar-refractivity contribution is -0.141. The molecule has 0 spiro atoms. The van der Waals surface area contributed by atoms with Crippen molar-refractivity contribution < 1.29 is 13.2 Å². The summed E-state index contributed by atoms with van der Waals surface area (Å²) in [6, 6.07) is 2.72. The summed E-state index contributed by atoms with van der Waals surface area (Å²) >= 11 is 6.16. The van der Waals surface area contributed by atoms with Gasteiger partial charge in [0.2, 0.25) is 0 Å². The fourth-order valence-corrected chi connectivity index (χ4v) is 3.95. The predicted octanol–water partition coefficient (Wildman–Crippen LogP) is 2.32. The van der Waals surface area contributed by atoms with Crippen molar-refractivity contribution >= 4 is 23.0 Å². The molecule has 3 aliphatic heterocycles. The van der Waals surface area contributed by atoms with Crippen molar-refractivity contribution in [2.75, 3.05) is 22.9 Å². The predicted molar refractivity (Wildman–Crippen MR) is 90.6 cm³/mol. The van der Waals surface area contributed by atoms with Crippen LogP contribution in [0.15, 0.2) is 29.3 Å². The number of nitrogens with zero attached hydrogens (tertiary/aromatic N) is 5. The maximum Gasteiger partial charge on any atom is 0.433 e. The molecule has 3 aliphatic rings. The summed E-state index contributed by atoms with van der Waals surface area (Å²) in [6.07, 6.45) is -0.667. The molecule has 2 unspecified atom stereocenters. The fraction of sp³-hybridized carbons (Fsp3) is 0.438. The van der Waals surface area contributed by atoms with Crippen molar-refractivity contribution in [3.63, 3.8) is 0 Å². The average Bonchev–Trinajstić information content (AvgIpc) is 2.59. The van der Waals surface area contributed by atoms with E-state index >= 15 is 0 Å². The molecule has 2 atom stereocenters. The number of alkyl halides is 3. The molecule has 3 fully saturated rings. The minimum atomic E-state index is -4.44. The van der Waals surface area contributed by atoms with E-state index in [9.17, 15) is 18.0 Å². The molecule has 0 aromatic carbocycles. The van der Waals surface area contributed by atoms with E-state index in [-0.39, 0.29) is 22.7 Å². The Morgan fingerprint density at radius 1 is 1.19 bits per heavy atom. The molecule has 3 saturated heterocycles.